The molecule has 2 aromatic rings. The van der Waals surface area contributed by atoms with Crippen molar-refractivity contribution >= 4 is 44.9 Å². The number of nitro groups is 1. The van der Waals surface area contributed by atoms with Gasteiger partial charge in [0, 0.05) is 6.07 Å². The highest BCUT2D eigenvalue weighted by atomic mass is 79.9. The van der Waals surface area contributed by atoms with Crippen LogP contribution in [0, 0.1) is 10.1 Å². The van der Waals surface area contributed by atoms with Crippen molar-refractivity contribution in [2.75, 3.05) is 5.32 Å². The zero-order valence-corrected chi connectivity index (χ0v) is 11.7. The Morgan fingerprint density at radius 3 is 2.74 bits per heavy atom. The van der Waals surface area contributed by atoms with Crippen LogP contribution in [0.25, 0.3) is 0 Å². The molecule has 0 saturated carbocycles. The van der Waals surface area contributed by atoms with Crippen LogP contribution in [0.15, 0.2) is 34.8 Å². The van der Waals surface area contributed by atoms with Crippen molar-refractivity contribution in [3.05, 3.63) is 55.6 Å². The first-order chi connectivity index (χ1) is 8.99. The van der Waals surface area contributed by atoms with Crippen LogP contribution in [0.5, 0.6) is 0 Å². The zero-order valence-electron chi connectivity index (χ0n) is 9.31. The van der Waals surface area contributed by atoms with Crippen molar-refractivity contribution < 1.29 is 9.72 Å². The predicted octanol–water partition coefficient (Wildman–Crippen LogP) is 3.59. The highest BCUT2D eigenvalue weighted by Gasteiger charge is 2.16. The summed E-state index contributed by atoms with van der Waals surface area (Å²) in [5.74, 6) is -0.730. The summed E-state index contributed by atoms with van der Waals surface area (Å²) in [6, 6.07) is 7.57. The number of amides is 1. The van der Waals surface area contributed by atoms with E-state index < -0.39 is 10.8 Å². The Bertz CT molecular complexity index is 656. The first-order valence-corrected chi connectivity index (χ1v) is 6.25. The average molecular weight is 345 g/mol. The Morgan fingerprint density at radius 1 is 1.37 bits per heavy atom. The van der Waals surface area contributed by atoms with Crippen molar-refractivity contribution in [1.82, 2.24) is 4.98 Å². The smallest absolute Gasteiger partial charge is 0.321 e. The van der Waals surface area contributed by atoms with Gasteiger partial charge in [-0.05, 0) is 39.1 Å². The van der Waals surface area contributed by atoms with Gasteiger partial charge in [-0.25, -0.2) is 4.98 Å². The third-order valence-electron chi connectivity index (χ3n) is 2.31. The monoisotopic (exact) mass is 343 g/mol. The number of H-pyrrole nitrogens is 1. The largest absolute Gasteiger partial charge is 0.358 e. The molecule has 2 N–H and O–H groups in total. The minimum absolute atomic E-state index is 0.0959. The van der Waals surface area contributed by atoms with Crippen LogP contribution in [0.4, 0.5) is 11.5 Å². The summed E-state index contributed by atoms with van der Waals surface area (Å²) in [7, 11) is 0. The van der Waals surface area contributed by atoms with Crippen molar-refractivity contribution in [3.63, 3.8) is 0 Å². The average Bonchev–Trinajstić information content (AvgIpc) is 2.84. The van der Waals surface area contributed by atoms with Gasteiger partial charge in [0.05, 0.1) is 15.2 Å². The lowest BCUT2D eigenvalue weighted by Crippen LogP contribution is -2.12. The molecule has 2 rings (SSSR count). The molecule has 0 saturated heterocycles. The molecule has 0 atom stereocenters. The summed E-state index contributed by atoms with van der Waals surface area (Å²) in [6.07, 6.45) is 0. The second-order valence-corrected chi connectivity index (χ2v) is 4.77. The number of hydrogen-bond acceptors (Lipinski definition) is 3. The third-order valence-corrected chi connectivity index (χ3v) is 3.71. The minimum atomic E-state index is -0.605. The summed E-state index contributed by atoms with van der Waals surface area (Å²) < 4.78 is 0.547. The summed E-state index contributed by atoms with van der Waals surface area (Å²) in [4.78, 5) is 24.2. The summed E-state index contributed by atoms with van der Waals surface area (Å²) >= 11 is 9.14. The Kier molecular flexibility index (Phi) is 3.87. The fourth-order valence-corrected chi connectivity index (χ4v) is 1.95. The summed E-state index contributed by atoms with van der Waals surface area (Å²) in [6.45, 7) is 0. The molecule has 1 aromatic carbocycles. The number of aromatic amines is 1. The van der Waals surface area contributed by atoms with Gasteiger partial charge in [0.25, 0.3) is 5.91 Å². The van der Waals surface area contributed by atoms with E-state index in [1.54, 1.807) is 18.2 Å². The van der Waals surface area contributed by atoms with E-state index in [-0.39, 0.29) is 11.5 Å². The van der Waals surface area contributed by atoms with Gasteiger partial charge in [-0.1, -0.05) is 17.7 Å². The van der Waals surface area contributed by atoms with E-state index in [1.807, 2.05) is 0 Å². The Labute approximate surface area is 121 Å². The Morgan fingerprint density at radius 2 is 2.11 bits per heavy atom. The van der Waals surface area contributed by atoms with Gasteiger partial charge in [-0.15, -0.1) is 0 Å². The number of carbonyl (C=O) groups is 1. The number of nitrogens with zero attached hydrogens (tertiary/aromatic N) is 1. The standard InChI is InChI=1S/C11H7BrClN3O3/c12-10-6(13)2-1-3-7(10)15-11(17)8-4-5-9(14-8)16(18)19/h1-5,14H,(H,15,17). The second kappa shape index (κ2) is 5.41. The number of rotatable bonds is 3. The first kappa shape index (κ1) is 13.6. The highest BCUT2D eigenvalue weighted by molar-refractivity contribution is 9.10. The van der Waals surface area contributed by atoms with Gasteiger partial charge in [0.15, 0.2) is 5.69 Å². The van der Waals surface area contributed by atoms with Crippen molar-refractivity contribution in [1.29, 1.82) is 0 Å². The molecule has 0 aliphatic rings. The van der Waals surface area contributed by atoms with Crippen molar-refractivity contribution in [2.24, 2.45) is 0 Å². The third kappa shape index (κ3) is 2.94. The van der Waals surface area contributed by atoms with Gasteiger partial charge in [0.1, 0.15) is 0 Å². The molecule has 0 radical (unpaired) electrons. The molecule has 0 aliphatic carbocycles. The molecule has 0 spiro atoms. The molecule has 0 bridgehead atoms. The fourth-order valence-electron chi connectivity index (χ4n) is 1.41. The predicted molar refractivity (Wildman–Crippen MR) is 74.6 cm³/mol. The molecule has 1 heterocycles. The topological polar surface area (TPSA) is 88.0 Å². The summed E-state index contributed by atoms with van der Waals surface area (Å²) in [5.41, 5.74) is 0.577. The number of carbonyl (C=O) groups excluding carboxylic acids is 1. The molecule has 0 fully saturated rings. The Balaban J connectivity index is 2.21. The van der Waals surface area contributed by atoms with Gasteiger partial charge in [-0.2, -0.15) is 0 Å². The van der Waals surface area contributed by atoms with Crippen molar-refractivity contribution in [3.8, 4) is 0 Å². The normalized spacial score (nSPS) is 10.2. The van der Waals surface area contributed by atoms with E-state index in [0.717, 1.165) is 0 Å². The maximum absolute atomic E-state index is 11.9. The SMILES string of the molecule is O=C(Nc1cccc(Cl)c1Br)c1ccc([N+](=O)[O-])[nH]1. The second-order valence-electron chi connectivity index (χ2n) is 3.57. The summed E-state index contributed by atoms with van der Waals surface area (Å²) in [5, 5.41) is 13.6. The molecule has 6 nitrogen and oxygen atoms in total. The lowest BCUT2D eigenvalue weighted by molar-refractivity contribution is -0.389. The molecular weight excluding hydrogens is 337 g/mol. The molecular formula is C11H7BrClN3O3. The fraction of sp³-hybridized carbons (Fsp3) is 0. The van der Waals surface area contributed by atoms with E-state index in [0.29, 0.717) is 15.2 Å². The van der Waals surface area contributed by atoms with Gasteiger partial charge in [0.2, 0.25) is 0 Å². The quantitative estimate of drug-likeness (QED) is 0.659. The highest BCUT2D eigenvalue weighted by Crippen LogP contribution is 2.30. The van der Waals surface area contributed by atoms with Crippen LogP contribution >= 0.6 is 27.5 Å². The number of halogens is 2. The molecule has 98 valence electrons. The number of benzene rings is 1. The Hall–Kier alpha value is -1.86. The van der Waals surface area contributed by atoms with Gasteiger partial charge >= 0.3 is 5.82 Å². The van der Waals surface area contributed by atoms with Gasteiger partial charge < -0.3 is 15.4 Å². The lowest BCUT2D eigenvalue weighted by Gasteiger charge is -2.06. The van der Waals surface area contributed by atoms with Crippen LogP contribution in [-0.4, -0.2) is 15.8 Å². The van der Waals surface area contributed by atoms with Gasteiger partial charge in [-0.3, -0.25) is 4.79 Å². The zero-order chi connectivity index (χ0) is 14.0. The van der Waals surface area contributed by atoms with E-state index in [1.165, 1.54) is 12.1 Å². The van der Waals surface area contributed by atoms with E-state index in [4.69, 9.17) is 11.6 Å². The number of nitrogens with one attached hydrogen (secondary N) is 2. The lowest BCUT2D eigenvalue weighted by atomic mass is 10.3. The molecule has 0 aliphatic heterocycles. The molecule has 19 heavy (non-hydrogen) atoms. The van der Waals surface area contributed by atoms with Crippen molar-refractivity contribution in [2.45, 2.75) is 0 Å². The van der Waals surface area contributed by atoms with Crippen LogP contribution in [0.1, 0.15) is 10.5 Å². The van der Waals surface area contributed by atoms with E-state index in [2.05, 4.69) is 26.2 Å². The molecule has 1 aromatic heterocycles. The van der Waals surface area contributed by atoms with Crippen LogP contribution in [-0.2, 0) is 0 Å². The van der Waals surface area contributed by atoms with E-state index >= 15 is 0 Å². The minimum Gasteiger partial charge on any atom is -0.358 e. The first-order valence-electron chi connectivity index (χ1n) is 5.08. The van der Waals surface area contributed by atoms with Crippen LogP contribution in [0.2, 0.25) is 5.02 Å². The maximum Gasteiger partial charge on any atom is 0.321 e. The van der Waals surface area contributed by atoms with E-state index in [9.17, 15) is 14.9 Å². The molecule has 0 unspecified atom stereocenters. The molecule has 8 heteroatoms. The molecule has 1 amide bonds. The van der Waals surface area contributed by atoms with Crippen LogP contribution < -0.4 is 5.32 Å². The number of anilines is 1. The van der Waals surface area contributed by atoms with Crippen LogP contribution in [0.3, 0.4) is 0 Å². The number of aromatic nitrogens is 1. The number of hydrogen-bond donors (Lipinski definition) is 2. The maximum atomic E-state index is 11.9.